The van der Waals surface area contributed by atoms with Crippen molar-refractivity contribution in [3.8, 4) is 5.75 Å². The van der Waals surface area contributed by atoms with Crippen molar-refractivity contribution in [2.45, 2.75) is 13.8 Å². The number of ether oxygens (including phenoxy) is 3. The third-order valence-corrected chi connectivity index (χ3v) is 2.73. The molecular formula is C17H20O5. The van der Waals surface area contributed by atoms with Crippen molar-refractivity contribution in [1.29, 1.82) is 0 Å². The molecule has 0 spiro atoms. The molecule has 0 radical (unpaired) electrons. The number of carbonyl (C=O) groups excluding carboxylic acids is 2. The van der Waals surface area contributed by atoms with Crippen LogP contribution in [0, 0.1) is 6.92 Å². The van der Waals surface area contributed by atoms with Crippen molar-refractivity contribution in [2.24, 2.45) is 0 Å². The Bertz CT molecular complexity index is 587. The Kier molecular flexibility index (Phi) is 6.89. The molecule has 1 rings (SSSR count). The van der Waals surface area contributed by atoms with Crippen molar-refractivity contribution in [3.05, 3.63) is 47.6 Å². The van der Waals surface area contributed by atoms with E-state index in [2.05, 4.69) is 11.3 Å². The van der Waals surface area contributed by atoms with E-state index in [4.69, 9.17) is 9.47 Å². The summed E-state index contributed by atoms with van der Waals surface area (Å²) in [5.74, 6) is -0.137. The fourth-order valence-electron chi connectivity index (χ4n) is 1.58. The van der Waals surface area contributed by atoms with E-state index in [1.54, 1.807) is 19.1 Å². The SMILES string of the molecule is C=C(C)C(=O)OCCOc1ccc(/C=C/C(=O)OC)cc1C. The summed E-state index contributed by atoms with van der Waals surface area (Å²) in [6, 6.07) is 5.50. The second kappa shape index (κ2) is 8.67. The maximum absolute atomic E-state index is 11.2. The highest BCUT2D eigenvalue weighted by Gasteiger charge is 2.04. The Hall–Kier alpha value is -2.56. The summed E-state index contributed by atoms with van der Waals surface area (Å²) >= 11 is 0. The fourth-order valence-corrected chi connectivity index (χ4v) is 1.58. The minimum absolute atomic E-state index is 0.162. The number of carbonyl (C=O) groups is 2. The van der Waals surface area contributed by atoms with Crippen LogP contribution in [0.25, 0.3) is 6.08 Å². The van der Waals surface area contributed by atoms with Crippen LogP contribution in [-0.2, 0) is 19.1 Å². The van der Waals surface area contributed by atoms with E-state index < -0.39 is 11.9 Å². The first kappa shape index (κ1) is 17.5. The molecule has 0 amide bonds. The molecule has 0 aliphatic carbocycles. The van der Waals surface area contributed by atoms with Gasteiger partial charge in [0.05, 0.1) is 7.11 Å². The Morgan fingerprint density at radius 3 is 2.59 bits per heavy atom. The number of esters is 2. The van der Waals surface area contributed by atoms with Gasteiger partial charge < -0.3 is 14.2 Å². The molecule has 0 fully saturated rings. The van der Waals surface area contributed by atoms with Crippen LogP contribution in [0.3, 0.4) is 0 Å². The number of rotatable bonds is 7. The first-order valence-corrected chi connectivity index (χ1v) is 6.76. The van der Waals surface area contributed by atoms with Crippen LogP contribution in [0.5, 0.6) is 5.75 Å². The van der Waals surface area contributed by atoms with E-state index in [-0.39, 0.29) is 13.2 Å². The summed E-state index contributed by atoms with van der Waals surface area (Å²) in [5, 5.41) is 0. The molecule has 0 heterocycles. The molecular weight excluding hydrogens is 284 g/mol. The van der Waals surface area contributed by atoms with E-state index in [1.807, 2.05) is 19.1 Å². The molecule has 1 aromatic rings. The molecule has 1 aromatic carbocycles. The Morgan fingerprint density at radius 1 is 1.27 bits per heavy atom. The molecule has 0 N–H and O–H groups in total. The van der Waals surface area contributed by atoms with Crippen molar-refractivity contribution >= 4 is 18.0 Å². The predicted octanol–water partition coefficient (Wildman–Crippen LogP) is 2.68. The lowest BCUT2D eigenvalue weighted by Gasteiger charge is -2.10. The van der Waals surface area contributed by atoms with Gasteiger partial charge in [-0.1, -0.05) is 12.6 Å². The summed E-state index contributed by atoms with van der Waals surface area (Å²) in [6.07, 6.45) is 3.02. The minimum atomic E-state index is -0.427. The molecule has 22 heavy (non-hydrogen) atoms. The number of hydrogen-bond acceptors (Lipinski definition) is 5. The lowest BCUT2D eigenvalue weighted by molar-refractivity contribution is -0.139. The van der Waals surface area contributed by atoms with Gasteiger partial charge in [0.1, 0.15) is 19.0 Å². The molecule has 0 atom stereocenters. The molecule has 0 unspecified atom stereocenters. The van der Waals surface area contributed by atoms with Crippen LogP contribution in [0.4, 0.5) is 0 Å². The van der Waals surface area contributed by atoms with Gasteiger partial charge in [0.2, 0.25) is 0 Å². The smallest absolute Gasteiger partial charge is 0.333 e. The lowest BCUT2D eigenvalue weighted by Crippen LogP contribution is -2.12. The molecule has 5 nitrogen and oxygen atoms in total. The van der Waals surface area contributed by atoms with Gasteiger partial charge in [-0.15, -0.1) is 0 Å². The molecule has 5 heteroatoms. The van der Waals surface area contributed by atoms with Crippen LogP contribution >= 0.6 is 0 Å². The van der Waals surface area contributed by atoms with Gasteiger partial charge in [-0.05, 0) is 43.2 Å². The largest absolute Gasteiger partial charge is 0.490 e. The van der Waals surface area contributed by atoms with E-state index in [0.29, 0.717) is 11.3 Å². The van der Waals surface area contributed by atoms with Gasteiger partial charge in [-0.2, -0.15) is 0 Å². The first-order chi connectivity index (χ1) is 10.4. The zero-order valence-electron chi connectivity index (χ0n) is 13.0. The molecule has 0 aliphatic heterocycles. The molecule has 0 saturated carbocycles. The van der Waals surface area contributed by atoms with Crippen LogP contribution < -0.4 is 4.74 Å². The number of aryl methyl sites for hydroxylation is 1. The van der Waals surface area contributed by atoms with Gasteiger partial charge in [0.15, 0.2) is 0 Å². The second-order valence-electron chi connectivity index (χ2n) is 4.65. The maximum atomic E-state index is 11.2. The Morgan fingerprint density at radius 2 is 2.00 bits per heavy atom. The molecule has 118 valence electrons. The zero-order chi connectivity index (χ0) is 16.5. The maximum Gasteiger partial charge on any atom is 0.333 e. The van der Waals surface area contributed by atoms with Crippen LogP contribution in [0.15, 0.2) is 36.4 Å². The van der Waals surface area contributed by atoms with E-state index >= 15 is 0 Å². The van der Waals surface area contributed by atoms with Gasteiger partial charge >= 0.3 is 11.9 Å². The third-order valence-electron chi connectivity index (χ3n) is 2.73. The van der Waals surface area contributed by atoms with Crippen LogP contribution in [0.1, 0.15) is 18.1 Å². The van der Waals surface area contributed by atoms with Gasteiger partial charge in [-0.25, -0.2) is 9.59 Å². The topological polar surface area (TPSA) is 61.8 Å². The summed E-state index contributed by atoms with van der Waals surface area (Å²) in [7, 11) is 1.33. The molecule has 0 bridgehead atoms. The van der Waals surface area contributed by atoms with Crippen LogP contribution in [-0.4, -0.2) is 32.3 Å². The summed E-state index contributed by atoms with van der Waals surface area (Å²) in [4.78, 5) is 22.2. The molecule has 0 aliphatic rings. The Labute approximate surface area is 130 Å². The first-order valence-electron chi connectivity index (χ1n) is 6.76. The highest BCUT2D eigenvalue weighted by atomic mass is 16.6. The lowest BCUT2D eigenvalue weighted by atomic mass is 10.1. The molecule has 0 saturated heterocycles. The van der Waals surface area contributed by atoms with E-state index in [0.717, 1.165) is 11.1 Å². The zero-order valence-corrected chi connectivity index (χ0v) is 13.0. The van der Waals surface area contributed by atoms with Crippen molar-refractivity contribution < 1.29 is 23.8 Å². The van der Waals surface area contributed by atoms with Crippen molar-refractivity contribution in [2.75, 3.05) is 20.3 Å². The highest BCUT2D eigenvalue weighted by molar-refractivity contribution is 5.87. The standard InChI is InChI=1S/C17H20O5/c1-12(2)17(19)22-10-9-21-15-7-5-14(11-13(15)3)6-8-16(18)20-4/h5-8,11H,1,9-10H2,2-4H3/b8-6+. The van der Waals surface area contributed by atoms with Gasteiger partial charge in [0, 0.05) is 11.6 Å². The summed E-state index contributed by atoms with van der Waals surface area (Å²) in [6.45, 7) is 7.40. The normalized spacial score (nSPS) is 10.3. The average Bonchev–Trinajstić information content (AvgIpc) is 2.50. The van der Waals surface area contributed by atoms with Gasteiger partial charge in [-0.3, -0.25) is 0 Å². The highest BCUT2D eigenvalue weighted by Crippen LogP contribution is 2.19. The monoisotopic (exact) mass is 304 g/mol. The summed E-state index contributed by atoms with van der Waals surface area (Å²) in [5.41, 5.74) is 2.14. The quantitative estimate of drug-likeness (QED) is 0.440. The predicted molar refractivity (Wildman–Crippen MR) is 83.5 cm³/mol. The Balaban J connectivity index is 2.52. The van der Waals surface area contributed by atoms with Crippen molar-refractivity contribution in [1.82, 2.24) is 0 Å². The van der Waals surface area contributed by atoms with Gasteiger partial charge in [0.25, 0.3) is 0 Å². The molecule has 0 aromatic heterocycles. The van der Waals surface area contributed by atoms with Crippen molar-refractivity contribution in [3.63, 3.8) is 0 Å². The number of hydrogen-bond donors (Lipinski definition) is 0. The average molecular weight is 304 g/mol. The second-order valence-corrected chi connectivity index (χ2v) is 4.65. The van der Waals surface area contributed by atoms with Crippen LogP contribution in [0.2, 0.25) is 0 Å². The van der Waals surface area contributed by atoms with E-state index in [1.165, 1.54) is 13.2 Å². The van der Waals surface area contributed by atoms with E-state index in [9.17, 15) is 9.59 Å². The fraction of sp³-hybridized carbons (Fsp3) is 0.294. The summed E-state index contributed by atoms with van der Waals surface area (Å²) < 4.78 is 15.0. The number of methoxy groups -OCH3 is 1. The number of benzene rings is 1. The minimum Gasteiger partial charge on any atom is -0.490 e. The third kappa shape index (κ3) is 5.83.